The Morgan fingerprint density at radius 1 is 1.26 bits per heavy atom. The molecule has 1 amide bonds. The monoisotopic (exact) mass is 547 g/mol. The summed E-state index contributed by atoms with van der Waals surface area (Å²) in [6.07, 6.45) is 3.38. The van der Waals surface area contributed by atoms with Crippen LogP contribution >= 0.6 is 0 Å². The van der Waals surface area contributed by atoms with Crippen LogP contribution in [0.4, 0.5) is 9.18 Å². The van der Waals surface area contributed by atoms with Crippen LogP contribution in [0.3, 0.4) is 0 Å². The standard InChI is InChI=1S/C29H30FN3O5Si/c1-4-39(37)23-10-22-26-17(11-33(22)28(35)18(23)12-38-29(39)36)25-20(32-27(34)13(2)15-5-6-15)8-7-16-14(3)19(30)9-21(31-26)24(16)25/h9-10,13,15,20,37H,4-8,11-12H2,1-3H3,(H,32,34)/t13-,20+,39-/m0/s1. The van der Waals surface area contributed by atoms with Gasteiger partial charge in [-0.1, -0.05) is 13.8 Å². The fraction of sp³-hybridized carbons (Fsp3) is 0.448. The SMILES string of the molecule is CC[Si@@]1(O)C(=O)OCc2c1cc1n(c2=O)Cc2c-1nc1cc(F)c(C)c3c1c2[C@H](NC(=O)[C@@H](C)C1CC1)CC3. The maximum Gasteiger partial charge on any atom is 0.347 e. The number of cyclic esters (lactones) is 1. The molecule has 8 nitrogen and oxygen atoms in total. The zero-order valence-electron chi connectivity index (χ0n) is 22.2. The summed E-state index contributed by atoms with van der Waals surface area (Å²) in [5, 5.41) is 4.51. The van der Waals surface area contributed by atoms with Crippen LogP contribution in [0.25, 0.3) is 22.3 Å². The minimum Gasteiger partial charge on any atom is -0.463 e. The second kappa shape index (κ2) is 8.31. The van der Waals surface area contributed by atoms with Crippen LogP contribution < -0.4 is 16.1 Å². The Morgan fingerprint density at radius 3 is 2.74 bits per heavy atom. The summed E-state index contributed by atoms with van der Waals surface area (Å²) in [5.74, 6) is 0.0202. The van der Waals surface area contributed by atoms with Gasteiger partial charge in [-0.3, -0.25) is 14.4 Å². The molecule has 1 saturated carbocycles. The number of fused-ring (bicyclic) bond motifs is 5. The van der Waals surface area contributed by atoms with Crippen molar-refractivity contribution >= 4 is 35.9 Å². The highest BCUT2D eigenvalue weighted by Gasteiger charge is 2.49. The first-order valence-electron chi connectivity index (χ1n) is 13.8. The average Bonchev–Trinajstić information content (AvgIpc) is 3.71. The molecule has 10 heteroatoms. The van der Waals surface area contributed by atoms with Gasteiger partial charge in [-0.05, 0) is 72.5 Å². The fourth-order valence-corrected chi connectivity index (χ4v) is 9.07. The van der Waals surface area contributed by atoms with Crippen molar-refractivity contribution in [3.05, 3.63) is 56.1 Å². The normalized spacial score (nSPS) is 23.6. The van der Waals surface area contributed by atoms with Crippen LogP contribution in [0.2, 0.25) is 6.04 Å². The second-order valence-electron chi connectivity index (χ2n) is 11.5. The van der Waals surface area contributed by atoms with Gasteiger partial charge in [-0.25, -0.2) is 9.37 Å². The van der Waals surface area contributed by atoms with Crippen LogP contribution in [0, 0.1) is 24.6 Å². The van der Waals surface area contributed by atoms with Crippen LogP contribution in [0.1, 0.15) is 67.0 Å². The Labute approximate surface area is 225 Å². The average molecular weight is 548 g/mol. The van der Waals surface area contributed by atoms with Gasteiger partial charge in [0, 0.05) is 22.9 Å². The van der Waals surface area contributed by atoms with Gasteiger partial charge in [0.1, 0.15) is 12.4 Å². The van der Waals surface area contributed by atoms with Crippen LogP contribution in [-0.2, 0) is 29.1 Å². The predicted octanol–water partition coefficient (Wildman–Crippen LogP) is 3.42. The van der Waals surface area contributed by atoms with E-state index in [0.29, 0.717) is 52.0 Å². The minimum atomic E-state index is -3.69. The van der Waals surface area contributed by atoms with Crippen molar-refractivity contribution in [2.75, 3.05) is 0 Å². The molecule has 2 aliphatic heterocycles. The van der Waals surface area contributed by atoms with E-state index in [0.717, 1.165) is 34.9 Å². The van der Waals surface area contributed by atoms with E-state index in [1.165, 1.54) is 6.07 Å². The first-order chi connectivity index (χ1) is 18.6. The first-order valence-corrected chi connectivity index (χ1v) is 15.9. The Balaban J connectivity index is 1.46. The highest BCUT2D eigenvalue weighted by molar-refractivity contribution is 7.09. The summed E-state index contributed by atoms with van der Waals surface area (Å²) >= 11 is 0. The van der Waals surface area contributed by atoms with Crippen molar-refractivity contribution < 1.29 is 23.5 Å². The predicted molar refractivity (Wildman–Crippen MR) is 145 cm³/mol. The number of nitrogens with zero attached hydrogens (tertiary/aromatic N) is 2. The third-order valence-corrected chi connectivity index (χ3v) is 12.6. The van der Waals surface area contributed by atoms with E-state index < -0.39 is 13.9 Å². The molecule has 0 spiro atoms. The zero-order valence-corrected chi connectivity index (χ0v) is 23.2. The largest absolute Gasteiger partial charge is 0.463 e. The maximum absolute atomic E-state index is 15.0. The number of rotatable bonds is 4. The lowest BCUT2D eigenvalue weighted by Crippen LogP contribution is -2.61. The molecule has 202 valence electrons. The van der Waals surface area contributed by atoms with E-state index in [1.807, 2.05) is 6.92 Å². The summed E-state index contributed by atoms with van der Waals surface area (Å²) < 4.78 is 21.9. The third-order valence-electron chi connectivity index (χ3n) is 9.44. The smallest absolute Gasteiger partial charge is 0.347 e. The number of halogens is 1. The first kappa shape index (κ1) is 24.7. The van der Waals surface area contributed by atoms with E-state index in [1.54, 1.807) is 24.5 Å². The Bertz CT molecular complexity index is 1700. The highest BCUT2D eigenvalue weighted by atomic mass is 28.4. The number of carbonyl (C=O) groups excluding carboxylic acids is 2. The lowest BCUT2D eigenvalue weighted by Gasteiger charge is -2.30. The van der Waals surface area contributed by atoms with Crippen molar-refractivity contribution in [2.24, 2.45) is 11.8 Å². The van der Waals surface area contributed by atoms with Crippen molar-refractivity contribution in [1.29, 1.82) is 0 Å². The number of pyridine rings is 2. The molecule has 7 rings (SSSR count). The summed E-state index contributed by atoms with van der Waals surface area (Å²) in [6.45, 7) is 5.54. The molecule has 0 bridgehead atoms. The molecule has 4 aliphatic rings. The van der Waals surface area contributed by atoms with Gasteiger partial charge in [0.15, 0.2) is 0 Å². The summed E-state index contributed by atoms with van der Waals surface area (Å²) in [4.78, 5) is 55.7. The van der Waals surface area contributed by atoms with Gasteiger partial charge in [-0.2, -0.15) is 0 Å². The summed E-state index contributed by atoms with van der Waals surface area (Å²) in [7, 11) is -3.69. The number of hydrogen-bond donors (Lipinski definition) is 2. The lowest BCUT2D eigenvalue weighted by molar-refractivity contribution is -0.125. The Kier molecular flexibility index (Phi) is 5.26. The molecule has 3 atom stereocenters. The quantitative estimate of drug-likeness (QED) is 0.379. The van der Waals surface area contributed by atoms with Gasteiger partial charge < -0.3 is 19.4 Å². The molecule has 39 heavy (non-hydrogen) atoms. The van der Waals surface area contributed by atoms with Crippen molar-refractivity contribution in [2.45, 2.75) is 71.7 Å². The molecule has 2 N–H and O–H groups in total. The molecule has 3 aromatic rings. The Hall–Kier alpha value is -3.37. The molecule has 0 saturated heterocycles. The number of aryl methyl sites for hydroxylation is 1. The van der Waals surface area contributed by atoms with E-state index in [4.69, 9.17) is 9.72 Å². The van der Waals surface area contributed by atoms with Gasteiger partial charge in [-0.15, -0.1) is 0 Å². The van der Waals surface area contributed by atoms with E-state index in [2.05, 4.69) is 5.32 Å². The van der Waals surface area contributed by atoms with Crippen molar-refractivity contribution in [1.82, 2.24) is 14.9 Å². The molecule has 0 radical (unpaired) electrons. The Morgan fingerprint density at radius 2 is 2.03 bits per heavy atom. The number of amides is 1. The van der Waals surface area contributed by atoms with Crippen molar-refractivity contribution in [3.8, 4) is 11.4 Å². The van der Waals surface area contributed by atoms with Gasteiger partial charge in [0.25, 0.3) is 5.56 Å². The summed E-state index contributed by atoms with van der Waals surface area (Å²) in [6, 6.07) is 3.05. The van der Waals surface area contributed by atoms with Gasteiger partial charge >= 0.3 is 13.9 Å². The van der Waals surface area contributed by atoms with Gasteiger partial charge in [0.2, 0.25) is 5.91 Å². The maximum atomic E-state index is 15.0. The minimum absolute atomic E-state index is 0.0151. The molecular weight excluding hydrogens is 517 g/mol. The second-order valence-corrected chi connectivity index (χ2v) is 14.9. The lowest BCUT2D eigenvalue weighted by atomic mass is 9.81. The molecule has 1 aromatic carbocycles. The number of ether oxygens (including phenoxy) is 1. The summed E-state index contributed by atoms with van der Waals surface area (Å²) in [5.41, 5.74) is 4.08. The number of hydrogen-bond acceptors (Lipinski definition) is 6. The van der Waals surface area contributed by atoms with Crippen LogP contribution in [-0.4, -0.2) is 34.2 Å². The molecule has 2 aromatic heterocycles. The highest BCUT2D eigenvalue weighted by Crippen LogP contribution is 2.45. The number of benzene rings is 1. The molecule has 2 aliphatic carbocycles. The van der Waals surface area contributed by atoms with Crippen LogP contribution in [0.15, 0.2) is 16.9 Å². The van der Waals surface area contributed by atoms with Crippen LogP contribution in [0.5, 0.6) is 0 Å². The van der Waals surface area contributed by atoms with E-state index in [9.17, 15) is 19.2 Å². The van der Waals surface area contributed by atoms with E-state index >= 15 is 4.39 Å². The van der Waals surface area contributed by atoms with Crippen molar-refractivity contribution in [3.63, 3.8) is 0 Å². The number of aromatic nitrogens is 2. The third kappa shape index (κ3) is 3.37. The van der Waals surface area contributed by atoms with Gasteiger partial charge in [0.05, 0.1) is 35.1 Å². The zero-order chi connectivity index (χ0) is 27.4. The molecular formula is C29H30FN3O5Si. The number of carbonyl (C=O) groups is 2. The molecule has 4 heterocycles. The molecule has 1 fully saturated rings. The van der Waals surface area contributed by atoms with E-state index in [-0.39, 0.29) is 48.4 Å². The fourth-order valence-electron chi connectivity index (χ4n) is 6.81. The number of nitrogens with one attached hydrogen (secondary N) is 1. The molecule has 0 unspecified atom stereocenters. The topological polar surface area (TPSA) is 111 Å².